The molecule has 3 heteroatoms. The molecule has 2 atom stereocenters. The number of likely N-dealkylation sites (tertiary alicyclic amines) is 1. The molecule has 1 saturated carbocycles. The SMILES string of the molecule is CC(C)C(N)C(CO)N1CCC2(CCCC2)CC1. The zero-order valence-corrected chi connectivity index (χ0v) is 12.1. The normalized spacial score (nSPS) is 27.8. The summed E-state index contributed by atoms with van der Waals surface area (Å²) in [5.74, 6) is 0.435. The van der Waals surface area contributed by atoms with E-state index in [0.29, 0.717) is 11.3 Å². The van der Waals surface area contributed by atoms with Crippen LogP contribution in [0.5, 0.6) is 0 Å². The van der Waals surface area contributed by atoms with Gasteiger partial charge in [0.2, 0.25) is 0 Å². The van der Waals surface area contributed by atoms with E-state index in [2.05, 4.69) is 18.7 Å². The number of hydrogen-bond donors (Lipinski definition) is 2. The van der Waals surface area contributed by atoms with Gasteiger partial charge in [-0.25, -0.2) is 0 Å². The van der Waals surface area contributed by atoms with Gasteiger partial charge >= 0.3 is 0 Å². The third-order valence-electron chi connectivity index (χ3n) is 5.39. The number of aliphatic hydroxyl groups excluding tert-OH is 1. The maximum absolute atomic E-state index is 9.63. The molecule has 1 aliphatic heterocycles. The van der Waals surface area contributed by atoms with Crippen molar-refractivity contribution >= 4 is 0 Å². The largest absolute Gasteiger partial charge is 0.395 e. The molecule has 0 amide bonds. The number of aliphatic hydroxyl groups is 1. The molecule has 3 nitrogen and oxygen atoms in total. The highest BCUT2D eigenvalue weighted by molar-refractivity contribution is 4.93. The highest BCUT2D eigenvalue weighted by atomic mass is 16.3. The van der Waals surface area contributed by atoms with Crippen molar-refractivity contribution in [2.75, 3.05) is 19.7 Å². The zero-order chi connectivity index (χ0) is 13.2. The summed E-state index contributed by atoms with van der Waals surface area (Å²) in [4.78, 5) is 2.44. The van der Waals surface area contributed by atoms with Crippen LogP contribution in [-0.4, -0.2) is 41.8 Å². The lowest BCUT2D eigenvalue weighted by atomic mass is 9.76. The highest BCUT2D eigenvalue weighted by Gasteiger charge is 2.39. The molecule has 0 aromatic rings. The fraction of sp³-hybridized carbons (Fsp3) is 1.00. The summed E-state index contributed by atoms with van der Waals surface area (Å²) < 4.78 is 0. The maximum Gasteiger partial charge on any atom is 0.0602 e. The quantitative estimate of drug-likeness (QED) is 0.806. The second-order valence-electron chi connectivity index (χ2n) is 6.81. The van der Waals surface area contributed by atoms with E-state index in [-0.39, 0.29) is 18.7 Å². The van der Waals surface area contributed by atoms with Gasteiger partial charge in [-0.15, -0.1) is 0 Å². The Labute approximate surface area is 112 Å². The van der Waals surface area contributed by atoms with Gasteiger partial charge in [0.05, 0.1) is 6.61 Å². The van der Waals surface area contributed by atoms with Crippen LogP contribution < -0.4 is 5.73 Å². The maximum atomic E-state index is 9.63. The highest BCUT2D eigenvalue weighted by Crippen LogP contribution is 2.46. The van der Waals surface area contributed by atoms with Crippen molar-refractivity contribution in [2.45, 2.75) is 64.5 Å². The molecule has 1 saturated heterocycles. The predicted octanol–water partition coefficient (Wildman–Crippen LogP) is 1.99. The van der Waals surface area contributed by atoms with Crippen LogP contribution >= 0.6 is 0 Å². The van der Waals surface area contributed by atoms with Gasteiger partial charge in [-0.1, -0.05) is 26.7 Å². The van der Waals surface area contributed by atoms with Gasteiger partial charge in [0.25, 0.3) is 0 Å². The zero-order valence-electron chi connectivity index (χ0n) is 12.1. The number of hydrogen-bond acceptors (Lipinski definition) is 3. The Hall–Kier alpha value is -0.120. The van der Waals surface area contributed by atoms with Crippen molar-refractivity contribution in [1.29, 1.82) is 0 Å². The van der Waals surface area contributed by atoms with Crippen LogP contribution in [-0.2, 0) is 0 Å². The molecule has 18 heavy (non-hydrogen) atoms. The van der Waals surface area contributed by atoms with E-state index < -0.39 is 0 Å². The molecule has 0 radical (unpaired) electrons. The molecule has 2 aliphatic rings. The molecule has 0 aromatic heterocycles. The van der Waals surface area contributed by atoms with Crippen molar-refractivity contribution in [3.63, 3.8) is 0 Å². The lowest BCUT2D eigenvalue weighted by Crippen LogP contribution is -2.55. The Morgan fingerprint density at radius 3 is 2.11 bits per heavy atom. The summed E-state index contributed by atoms with van der Waals surface area (Å²) in [6.45, 7) is 6.76. The molecule has 3 N–H and O–H groups in total. The summed E-state index contributed by atoms with van der Waals surface area (Å²) in [5.41, 5.74) is 6.90. The van der Waals surface area contributed by atoms with Crippen molar-refractivity contribution in [2.24, 2.45) is 17.1 Å². The van der Waals surface area contributed by atoms with Gasteiger partial charge in [0.1, 0.15) is 0 Å². The Kier molecular flexibility index (Phi) is 4.68. The van der Waals surface area contributed by atoms with Crippen LogP contribution in [0.1, 0.15) is 52.4 Å². The van der Waals surface area contributed by atoms with Crippen molar-refractivity contribution in [3.8, 4) is 0 Å². The van der Waals surface area contributed by atoms with Gasteiger partial charge in [0, 0.05) is 12.1 Å². The first-order valence-electron chi connectivity index (χ1n) is 7.68. The monoisotopic (exact) mass is 254 g/mol. The Morgan fingerprint density at radius 2 is 1.67 bits per heavy atom. The van der Waals surface area contributed by atoms with Gasteiger partial charge in [-0.2, -0.15) is 0 Å². The molecule has 0 aromatic carbocycles. The first-order valence-corrected chi connectivity index (χ1v) is 7.68. The van der Waals surface area contributed by atoms with Gasteiger partial charge in [-0.05, 0) is 50.1 Å². The van der Waals surface area contributed by atoms with Gasteiger partial charge in [-0.3, -0.25) is 4.90 Å². The van der Waals surface area contributed by atoms with E-state index in [0.717, 1.165) is 13.1 Å². The Morgan fingerprint density at radius 1 is 1.11 bits per heavy atom. The minimum Gasteiger partial charge on any atom is -0.395 e. The number of rotatable bonds is 4. The van der Waals surface area contributed by atoms with Gasteiger partial charge < -0.3 is 10.8 Å². The molecule has 0 bridgehead atoms. The van der Waals surface area contributed by atoms with Crippen molar-refractivity contribution in [3.05, 3.63) is 0 Å². The standard InChI is InChI=1S/C15H30N2O/c1-12(2)14(16)13(11-18)17-9-7-15(8-10-17)5-3-4-6-15/h12-14,18H,3-11,16H2,1-2H3. The molecule has 1 spiro atoms. The average molecular weight is 254 g/mol. The van der Waals surface area contributed by atoms with E-state index in [4.69, 9.17) is 5.73 Å². The molecule has 2 fully saturated rings. The number of nitrogens with zero attached hydrogens (tertiary/aromatic N) is 1. The Balaban J connectivity index is 1.91. The second-order valence-corrected chi connectivity index (χ2v) is 6.81. The summed E-state index contributed by atoms with van der Waals surface area (Å²) in [5, 5.41) is 9.63. The van der Waals surface area contributed by atoms with E-state index >= 15 is 0 Å². The fourth-order valence-electron chi connectivity index (χ4n) is 3.88. The van der Waals surface area contributed by atoms with Crippen LogP contribution in [0.2, 0.25) is 0 Å². The predicted molar refractivity (Wildman–Crippen MR) is 75.4 cm³/mol. The first-order chi connectivity index (χ1) is 8.58. The van der Waals surface area contributed by atoms with Crippen LogP contribution in [0, 0.1) is 11.3 Å². The molecule has 2 unspecified atom stereocenters. The van der Waals surface area contributed by atoms with Crippen LogP contribution in [0.4, 0.5) is 0 Å². The number of piperidine rings is 1. The number of nitrogens with two attached hydrogens (primary N) is 1. The van der Waals surface area contributed by atoms with Crippen molar-refractivity contribution in [1.82, 2.24) is 4.90 Å². The minimum atomic E-state index is 0.0904. The van der Waals surface area contributed by atoms with Gasteiger partial charge in [0.15, 0.2) is 0 Å². The van der Waals surface area contributed by atoms with Crippen LogP contribution in [0.25, 0.3) is 0 Å². The second kappa shape index (κ2) is 5.89. The fourth-order valence-corrected chi connectivity index (χ4v) is 3.88. The van der Waals surface area contributed by atoms with E-state index in [1.54, 1.807) is 0 Å². The summed E-state index contributed by atoms with van der Waals surface area (Å²) in [7, 11) is 0. The third-order valence-corrected chi connectivity index (χ3v) is 5.39. The summed E-state index contributed by atoms with van der Waals surface area (Å²) in [6, 6.07) is 0.247. The third kappa shape index (κ3) is 2.89. The van der Waals surface area contributed by atoms with Crippen LogP contribution in [0.3, 0.4) is 0 Å². The first kappa shape index (κ1) is 14.3. The molecule has 2 rings (SSSR count). The smallest absolute Gasteiger partial charge is 0.0602 e. The van der Waals surface area contributed by atoms with E-state index in [9.17, 15) is 5.11 Å². The summed E-state index contributed by atoms with van der Waals surface area (Å²) in [6.07, 6.45) is 8.34. The van der Waals surface area contributed by atoms with E-state index in [1.807, 2.05) is 0 Å². The average Bonchev–Trinajstić information content (AvgIpc) is 2.81. The van der Waals surface area contributed by atoms with Crippen molar-refractivity contribution < 1.29 is 5.11 Å². The lowest BCUT2D eigenvalue weighted by molar-refractivity contribution is 0.0330. The molecular weight excluding hydrogens is 224 g/mol. The topological polar surface area (TPSA) is 49.5 Å². The van der Waals surface area contributed by atoms with E-state index in [1.165, 1.54) is 38.5 Å². The molecular formula is C15H30N2O. The minimum absolute atomic E-state index is 0.0904. The lowest BCUT2D eigenvalue weighted by Gasteiger charge is -2.44. The molecule has 1 heterocycles. The molecule has 106 valence electrons. The Bertz CT molecular complexity index is 251. The molecule has 1 aliphatic carbocycles. The summed E-state index contributed by atoms with van der Waals surface area (Å²) >= 11 is 0. The van der Waals surface area contributed by atoms with Crippen LogP contribution in [0.15, 0.2) is 0 Å².